The summed E-state index contributed by atoms with van der Waals surface area (Å²) in [5.41, 5.74) is 6.04. The summed E-state index contributed by atoms with van der Waals surface area (Å²) in [5, 5.41) is 4.71. The Bertz CT molecular complexity index is 422. The fraction of sp³-hybridized carbons (Fsp3) is 0.222. The smallest absolute Gasteiger partial charge is 0.134 e. The van der Waals surface area contributed by atoms with Gasteiger partial charge in [0.15, 0.2) is 0 Å². The average molecular weight is 179 g/mol. The monoisotopic (exact) mass is 179 g/mol. The Hall–Kier alpha value is -1.42. The Balaban J connectivity index is 2.55. The van der Waals surface area contributed by atoms with Gasteiger partial charge in [-0.25, -0.2) is 4.39 Å². The van der Waals surface area contributed by atoms with E-state index in [1.165, 1.54) is 6.07 Å². The van der Waals surface area contributed by atoms with Crippen molar-refractivity contribution in [2.45, 2.75) is 6.54 Å². The molecule has 2 rings (SSSR count). The van der Waals surface area contributed by atoms with Crippen molar-refractivity contribution in [3.8, 4) is 0 Å². The van der Waals surface area contributed by atoms with Gasteiger partial charge in [-0.3, -0.25) is 4.68 Å². The van der Waals surface area contributed by atoms with Crippen LogP contribution in [0.2, 0.25) is 0 Å². The van der Waals surface area contributed by atoms with Crippen LogP contribution in [0.3, 0.4) is 0 Å². The van der Waals surface area contributed by atoms with E-state index in [0.717, 1.165) is 0 Å². The van der Waals surface area contributed by atoms with Gasteiger partial charge in [0, 0.05) is 12.7 Å². The summed E-state index contributed by atoms with van der Waals surface area (Å²) in [7, 11) is 0. The molecule has 68 valence electrons. The molecule has 0 unspecified atom stereocenters. The summed E-state index contributed by atoms with van der Waals surface area (Å²) in [6.45, 7) is 1.13. The molecule has 0 radical (unpaired) electrons. The zero-order chi connectivity index (χ0) is 9.26. The van der Waals surface area contributed by atoms with Gasteiger partial charge in [-0.1, -0.05) is 6.07 Å². The van der Waals surface area contributed by atoms with Crippen LogP contribution in [0.5, 0.6) is 0 Å². The maximum Gasteiger partial charge on any atom is 0.134 e. The lowest BCUT2D eigenvalue weighted by atomic mass is 10.2. The Morgan fingerprint density at radius 1 is 1.46 bits per heavy atom. The predicted octanol–water partition coefficient (Wildman–Crippen LogP) is 1.13. The summed E-state index contributed by atoms with van der Waals surface area (Å²) in [6.07, 6.45) is 1.68. The van der Waals surface area contributed by atoms with E-state index in [-0.39, 0.29) is 5.82 Å². The molecule has 4 heteroatoms. The average Bonchev–Trinajstić information content (AvgIpc) is 2.49. The van der Waals surface area contributed by atoms with Crippen LogP contribution in [0.25, 0.3) is 10.9 Å². The summed E-state index contributed by atoms with van der Waals surface area (Å²) >= 11 is 0. The van der Waals surface area contributed by atoms with Gasteiger partial charge in [0.1, 0.15) is 5.82 Å². The number of benzene rings is 1. The number of nitrogens with two attached hydrogens (primary N) is 1. The Labute approximate surface area is 75.0 Å². The van der Waals surface area contributed by atoms with Crippen LogP contribution in [0.15, 0.2) is 24.4 Å². The molecule has 13 heavy (non-hydrogen) atoms. The molecule has 0 saturated carbocycles. The molecule has 1 aromatic heterocycles. The maximum absolute atomic E-state index is 13.2. The van der Waals surface area contributed by atoms with Gasteiger partial charge in [0.25, 0.3) is 0 Å². The normalized spacial score (nSPS) is 10.9. The third kappa shape index (κ3) is 1.40. The number of rotatable bonds is 2. The minimum atomic E-state index is -0.235. The topological polar surface area (TPSA) is 43.8 Å². The highest BCUT2D eigenvalue weighted by molar-refractivity contribution is 5.78. The van der Waals surface area contributed by atoms with Gasteiger partial charge in [-0.15, -0.1) is 0 Å². The minimum Gasteiger partial charge on any atom is -0.329 e. The second-order valence-electron chi connectivity index (χ2n) is 2.85. The first-order valence-electron chi connectivity index (χ1n) is 4.13. The molecule has 1 aromatic carbocycles. The third-order valence-corrected chi connectivity index (χ3v) is 1.90. The molecule has 0 aliphatic carbocycles. The van der Waals surface area contributed by atoms with Gasteiger partial charge >= 0.3 is 0 Å². The highest BCUT2D eigenvalue weighted by atomic mass is 19.1. The van der Waals surface area contributed by atoms with E-state index in [2.05, 4.69) is 5.10 Å². The van der Waals surface area contributed by atoms with Crippen molar-refractivity contribution in [1.82, 2.24) is 9.78 Å². The first-order chi connectivity index (χ1) is 6.31. The fourth-order valence-electron chi connectivity index (χ4n) is 1.30. The second-order valence-corrected chi connectivity index (χ2v) is 2.85. The first kappa shape index (κ1) is 8.19. The molecular weight excluding hydrogens is 169 g/mol. The van der Waals surface area contributed by atoms with Crippen molar-refractivity contribution in [2.24, 2.45) is 5.73 Å². The molecule has 0 amide bonds. The van der Waals surface area contributed by atoms with E-state index < -0.39 is 0 Å². The SMILES string of the molecule is NCCn1cc2c(F)cccc2n1. The molecule has 0 aliphatic heterocycles. The van der Waals surface area contributed by atoms with E-state index in [0.29, 0.717) is 24.0 Å². The van der Waals surface area contributed by atoms with Gasteiger partial charge in [0.05, 0.1) is 17.4 Å². The van der Waals surface area contributed by atoms with Crippen molar-refractivity contribution in [3.05, 3.63) is 30.2 Å². The lowest BCUT2D eigenvalue weighted by Crippen LogP contribution is -2.09. The zero-order valence-corrected chi connectivity index (χ0v) is 7.07. The van der Waals surface area contributed by atoms with Crippen LogP contribution in [0, 0.1) is 5.82 Å². The molecule has 0 bridgehead atoms. The Morgan fingerprint density at radius 3 is 3.00 bits per heavy atom. The maximum atomic E-state index is 13.2. The van der Waals surface area contributed by atoms with Crippen LogP contribution >= 0.6 is 0 Å². The molecule has 0 atom stereocenters. The number of hydrogen-bond acceptors (Lipinski definition) is 2. The van der Waals surface area contributed by atoms with Gasteiger partial charge < -0.3 is 5.73 Å². The van der Waals surface area contributed by atoms with Crippen molar-refractivity contribution in [2.75, 3.05) is 6.54 Å². The van der Waals surface area contributed by atoms with Crippen LogP contribution in [0.4, 0.5) is 4.39 Å². The summed E-state index contributed by atoms with van der Waals surface area (Å²) in [4.78, 5) is 0. The molecule has 3 nitrogen and oxygen atoms in total. The van der Waals surface area contributed by atoms with Crippen LogP contribution in [0.1, 0.15) is 0 Å². The van der Waals surface area contributed by atoms with Gasteiger partial charge in [-0.2, -0.15) is 5.10 Å². The van der Waals surface area contributed by atoms with E-state index in [4.69, 9.17) is 5.73 Å². The standard InChI is InChI=1S/C9H10FN3/c10-8-2-1-3-9-7(8)6-13(12-9)5-4-11/h1-3,6H,4-5,11H2. The van der Waals surface area contributed by atoms with E-state index in [9.17, 15) is 4.39 Å². The molecule has 2 aromatic rings. The molecule has 0 spiro atoms. The van der Waals surface area contributed by atoms with E-state index in [1.54, 1.807) is 23.0 Å². The minimum absolute atomic E-state index is 0.235. The summed E-state index contributed by atoms with van der Waals surface area (Å²) in [6, 6.07) is 4.86. The molecule has 0 fully saturated rings. The van der Waals surface area contributed by atoms with E-state index in [1.807, 2.05) is 0 Å². The summed E-state index contributed by atoms with van der Waals surface area (Å²) in [5.74, 6) is -0.235. The van der Waals surface area contributed by atoms with Crippen LogP contribution in [-0.4, -0.2) is 16.3 Å². The molecule has 2 N–H and O–H groups in total. The Morgan fingerprint density at radius 2 is 2.31 bits per heavy atom. The lowest BCUT2D eigenvalue weighted by molar-refractivity contribution is 0.627. The number of halogens is 1. The Kier molecular flexibility index (Phi) is 1.98. The van der Waals surface area contributed by atoms with Crippen molar-refractivity contribution >= 4 is 10.9 Å². The highest BCUT2D eigenvalue weighted by Crippen LogP contribution is 2.15. The van der Waals surface area contributed by atoms with Crippen molar-refractivity contribution in [3.63, 3.8) is 0 Å². The van der Waals surface area contributed by atoms with Gasteiger partial charge in [0.2, 0.25) is 0 Å². The first-order valence-corrected chi connectivity index (χ1v) is 4.13. The predicted molar refractivity (Wildman–Crippen MR) is 48.7 cm³/mol. The number of aromatic nitrogens is 2. The lowest BCUT2D eigenvalue weighted by Gasteiger charge is -1.93. The van der Waals surface area contributed by atoms with Crippen molar-refractivity contribution in [1.29, 1.82) is 0 Å². The largest absolute Gasteiger partial charge is 0.329 e. The molecule has 0 saturated heterocycles. The summed E-state index contributed by atoms with van der Waals surface area (Å²) < 4.78 is 14.8. The fourth-order valence-corrected chi connectivity index (χ4v) is 1.30. The number of hydrogen-bond donors (Lipinski definition) is 1. The van der Waals surface area contributed by atoms with Crippen molar-refractivity contribution < 1.29 is 4.39 Å². The van der Waals surface area contributed by atoms with Crippen LogP contribution in [-0.2, 0) is 6.54 Å². The molecule has 1 heterocycles. The highest BCUT2D eigenvalue weighted by Gasteiger charge is 2.03. The number of nitrogens with zero attached hydrogens (tertiary/aromatic N) is 2. The zero-order valence-electron chi connectivity index (χ0n) is 7.07. The molecular formula is C9H10FN3. The van der Waals surface area contributed by atoms with Crippen LogP contribution < -0.4 is 5.73 Å². The quantitative estimate of drug-likeness (QED) is 0.751. The third-order valence-electron chi connectivity index (χ3n) is 1.90. The van der Waals surface area contributed by atoms with E-state index >= 15 is 0 Å². The number of fused-ring (bicyclic) bond motifs is 1. The second kappa shape index (κ2) is 3.14. The van der Waals surface area contributed by atoms with Gasteiger partial charge in [-0.05, 0) is 12.1 Å². The molecule has 0 aliphatic rings.